The molecule has 0 saturated heterocycles. The highest BCUT2D eigenvalue weighted by molar-refractivity contribution is 5.83. The zero-order valence-corrected chi connectivity index (χ0v) is 9.49. The Balaban J connectivity index is 3.82. The third kappa shape index (κ3) is 5.30. The fourth-order valence-electron chi connectivity index (χ4n) is 1.06. The van der Waals surface area contributed by atoms with Gasteiger partial charge in [-0.05, 0) is 6.42 Å². The molecule has 0 aromatic rings. The molecule has 0 radical (unpaired) electrons. The van der Waals surface area contributed by atoms with Gasteiger partial charge in [-0.25, -0.2) is 8.78 Å². The van der Waals surface area contributed by atoms with Crippen LogP contribution in [0.15, 0.2) is 0 Å². The largest absolute Gasteiger partial charge is 0.299 e. The minimum Gasteiger partial charge on any atom is -0.299 e. The number of hydrogen-bond acceptors (Lipinski definition) is 1. The quantitative estimate of drug-likeness (QED) is 0.668. The Labute approximate surface area is 84.9 Å². The van der Waals surface area contributed by atoms with E-state index in [1.165, 1.54) is 6.92 Å². The lowest BCUT2D eigenvalue weighted by Gasteiger charge is -2.18. The van der Waals surface area contributed by atoms with Crippen LogP contribution in [-0.4, -0.2) is 11.7 Å². The van der Waals surface area contributed by atoms with Gasteiger partial charge < -0.3 is 0 Å². The number of alkyl halides is 2. The van der Waals surface area contributed by atoms with Crippen LogP contribution in [-0.2, 0) is 4.79 Å². The molecule has 0 aromatic heterocycles. The molecule has 1 nitrogen and oxygen atoms in total. The number of ketones is 1. The van der Waals surface area contributed by atoms with Crippen LogP contribution in [0.1, 0.15) is 53.4 Å². The van der Waals surface area contributed by atoms with Gasteiger partial charge in [-0.1, -0.05) is 27.7 Å². The fraction of sp³-hybridized carbons (Fsp3) is 0.909. The molecule has 0 aromatic carbocycles. The lowest BCUT2D eigenvalue weighted by Crippen LogP contribution is -2.21. The van der Waals surface area contributed by atoms with Gasteiger partial charge in [0.05, 0.1) is 0 Å². The van der Waals surface area contributed by atoms with Crippen LogP contribution in [0.3, 0.4) is 0 Å². The van der Waals surface area contributed by atoms with Crippen molar-refractivity contribution in [3.63, 3.8) is 0 Å². The molecular formula is C11H20F2O. The predicted molar refractivity (Wildman–Crippen MR) is 53.6 cm³/mol. The van der Waals surface area contributed by atoms with Crippen molar-refractivity contribution >= 4 is 5.78 Å². The molecule has 0 heterocycles. The molecule has 0 bridgehead atoms. The van der Waals surface area contributed by atoms with Gasteiger partial charge in [0, 0.05) is 24.7 Å². The van der Waals surface area contributed by atoms with E-state index >= 15 is 0 Å². The molecule has 0 unspecified atom stereocenters. The van der Waals surface area contributed by atoms with Crippen LogP contribution in [0.5, 0.6) is 0 Å². The summed E-state index contributed by atoms with van der Waals surface area (Å²) in [6.07, 6.45) is 0.234. The first-order valence-electron chi connectivity index (χ1n) is 5.10. The number of rotatable bonds is 5. The summed E-state index contributed by atoms with van der Waals surface area (Å²) < 4.78 is 25.6. The summed E-state index contributed by atoms with van der Waals surface area (Å²) in [6, 6.07) is 0. The molecule has 0 aliphatic rings. The number of carbonyl (C=O) groups excluding carboxylic acids is 1. The van der Waals surface area contributed by atoms with Crippen molar-refractivity contribution in [2.75, 3.05) is 0 Å². The average molecular weight is 206 g/mol. The molecule has 0 amide bonds. The Kier molecular flexibility index (Phi) is 4.69. The summed E-state index contributed by atoms with van der Waals surface area (Å²) in [6.45, 7) is 6.90. The molecule has 0 aliphatic heterocycles. The SMILES string of the molecule is CCC(F)(F)CCCC(=O)C(C)(C)C. The van der Waals surface area contributed by atoms with Gasteiger partial charge in [0.15, 0.2) is 0 Å². The van der Waals surface area contributed by atoms with Crippen molar-refractivity contribution in [2.24, 2.45) is 5.41 Å². The normalized spacial score (nSPS) is 13.0. The summed E-state index contributed by atoms with van der Waals surface area (Å²) in [5.41, 5.74) is -0.401. The van der Waals surface area contributed by atoms with Gasteiger partial charge in [-0.2, -0.15) is 0 Å². The van der Waals surface area contributed by atoms with Crippen LogP contribution >= 0.6 is 0 Å². The van der Waals surface area contributed by atoms with Gasteiger partial charge in [-0.15, -0.1) is 0 Å². The second-order valence-electron chi connectivity index (χ2n) is 4.74. The molecule has 84 valence electrons. The van der Waals surface area contributed by atoms with E-state index in [-0.39, 0.29) is 31.5 Å². The fourth-order valence-corrected chi connectivity index (χ4v) is 1.06. The Hall–Kier alpha value is -0.470. The van der Waals surface area contributed by atoms with E-state index < -0.39 is 11.3 Å². The molecule has 0 saturated carbocycles. The summed E-state index contributed by atoms with van der Waals surface area (Å²) in [5, 5.41) is 0. The van der Waals surface area contributed by atoms with Crippen LogP contribution in [0.2, 0.25) is 0 Å². The smallest absolute Gasteiger partial charge is 0.247 e. The number of Topliss-reactive ketones (excluding diaryl/α,β-unsaturated/α-hetero) is 1. The van der Waals surface area contributed by atoms with Gasteiger partial charge in [0.1, 0.15) is 5.78 Å². The Morgan fingerprint density at radius 1 is 1.21 bits per heavy atom. The maximum absolute atomic E-state index is 12.8. The van der Waals surface area contributed by atoms with Crippen LogP contribution in [0, 0.1) is 5.41 Å². The van der Waals surface area contributed by atoms with Crippen LogP contribution < -0.4 is 0 Å². The Bertz CT molecular complexity index is 192. The van der Waals surface area contributed by atoms with Gasteiger partial charge >= 0.3 is 0 Å². The van der Waals surface area contributed by atoms with E-state index in [1.54, 1.807) is 0 Å². The standard InChI is InChI=1S/C11H20F2O/c1-5-11(12,13)8-6-7-9(14)10(2,3)4/h5-8H2,1-4H3. The zero-order chi connectivity index (χ0) is 11.4. The number of carbonyl (C=O) groups is 1. The lowest BCUT2D eigenvalue weighted by molar-refractivity contribution is -0.126. The van der Waals surface area contributed by atoms with E-state index in [0.717, 1.165) is 0 Å². The van der Waals surface area contributed by atoms with Crippen LogP contribution in [0.25, 0.3) is 0 Å². The van der Waals surface area contributed by atoms with Crippen molar-refractivity contribution in [3.8, 4) is 0 Å². The van der Waals surface area contributed by atoms with Crippen LogP contribution in [0.4, 0.5) is 8.78 Å². The maximum Gasteiger partial charge on any atom is 0.247 e. The predicted octanol–water partition coefficient (Wildman–Crippen LogP) is 3.82. The van der Waals surface area contributed by atoms with Gasteiger partial charge in [0.2, 0.25) is 5.92 Å². The third-order valence-corrected chi connectivity index (χ3v) is 2.30. The molecule has 0 fully saturated rings. The van der Waals surface area contributed by atoms with Gasteiger partial charge in [-0.3, -0.25) is 4.79 Å². The summed E-state index contributed by atoms with van der Waals surface area (Å²) in [5.74, 6) is -2.54. The first-order chi connectivity index (χ1) is 6.19. The minimum absolute atomic E-state index is 0.0596. The highest BCUT2D eigenvalue weighted by Gasteiger charge is 2.27. The molecular weight excluding hydrogens is 186 g/mol. The van der Waals surface area contributed by atoms with E-state index in [0.29, 0.717) is 0 Å². The van der Waals surface area contributed by atoms with Crippen molar-refractivity contribution in [2.45, 2.75) is 59.3 Å². The van der Waals surface area contributed by atoms with Gasteiger partial charge in [0.25, 0.3) is 0 Å². The van der Waals surface area contributed by atoms with Crippen molar-refractivity contribution < 1.29 is 13.6 Å². The minimum atomic E-state index is -2.60. The first kappa shape index (κ1) is 13.5. The highest BCUT2D eigenvalue weighted by atomic mass is 19.3. The van der Waals surface area contributed by atoms with E-state index in [4.69, 9.17) is 0 Å². The summed E-state index contributed by atoms with van der Waals surface area (Å²) >= 11 is 0. The average Bonchev–Trinajstić information content (AvgIpc) is 2.02. The number of hydrogen-bond donors (Lipinski definition) is 0. The third-order valence-electron chi connectivity index (χ3n) is 2.30. The van der Waals surface area contributed by atoms with E-state index in [2.05, 4.69) is 0 Å². The van der Waals surface area contributed by atoms with Crippen molar-refractivity contribution in [1.29, 1.82) is 0 Å². The zero-order valence-electron chi connectivity index (χ0n) is 9.49. The second-order valence-corrected chi connectivity index (χ2v) is 4.74. The summed E-state index contributed by atoms with van der Waals surface area (Å²) in [7, 11) is 0. The van der Waals surface area contributed by atoms with Crippen molar-refractivity contribution in [3.05, 3.63) is 0 Å². The topological polar surface area (TPSA) is 17.1 Å². The summed E-state index contributed by atoms with van der Waals surface area (Å²) in [4.78, 5) is 11.4. The van der Waals surface area contributed by atoms with E-state index in [1.807, 2.05) is 20.8 Å². The monoisotopic (exact) mass is 206 g/mol. The lowest BCUT2D eigenvalue weighted by atomic mass is 9.87. The molecule has 0 N–H and O–H groups in total. The molecule has 3 heteroatoms. The number of halogens is 2. The molecule has 0 rings (SSSR count). The molecule has 0 atom stereocenters. The molecule has 14 heavy (non-hydrogen) atoms. The second kappa shape index (κ2) is 4.85. The molecule has 0 spiro atoms. The maximum atomic E-state index is 12.8. The Morgan fingerprint density at radius 2 is 1.71 bits per heavy atom. The van der Waals surface area contributed by atoms with Crippen molar-refractivity contribution in [1.82, 2.24) is 0 Å². The molecule has 0 aliphatic carbocycles. The Morgan fingerprint density at radius 3 is 2.07 bits per heavy atom. The first-order valence-corrected chi connectivity index (χ1v) is 5.10. The highest BCUT2D eigenvalue weighted by Crippen LogP contribution is 2.26. The van der Waals surface area contributed by atoms with E-state index in [9.17, 15) is 13.6 Å².